The van der Waals surface area contributed by atoms with Crippen LogP contribution in [0.25, 0.3) is 0 Å². The Labute approximate surface area is 131 Å². The van der Waals surface area contributed by atoms with Crippen molar-refractivity contribution in [2.45, 2.75) is 26.3 Å². The van der Waals surface area contributed by atoms with Gasteiger partial charge in [-0.2, -0.15) is 0 Å². The van der Waals surface area contributed by atoms with E-state index in [2.05, 4.69) is 37.6 Å². The number of hydrogen-bond acceptors (Lipinski definition) is 1. The molecule has 106 valence electrons. The Morgan fingerprint density at radius 1 is 1.00 bits per heavy atom. The van der Waals surface area contributed by atoms with Crippen LogP contribution < -0.4 is 0 Å². The van der Waals surface area contributed by atoms with Crippen molar-refractivity contribution in [1.29, 1.82) is 0 Å². The van der Waals surface area contributed by atoms with Gasteiger partial charge in [0.15, 0.2) is 0 Å². The summed E-state index contributed by atoms with van der Waals surface area (Å²) in [5.41, 5.74) is 2.75. The highest BCUT2D eigenvalue weighted by atomic mass is 35.5. The minimum absolute atomic E-state index is 0.119. The molecule has 0 bridgehead atoms. The van der Waals surface area contributed by atoms with Crippen molar-refractivity contribution in [3.63, 3.8) is 0 Å². The number of benzene rings is 2. The first-order chi connectivity index (χ1) is 9.94. The second kappa shape index (κ2) is 6.61. The molecule has 2 rings (SSSR count). The Bertz CT molecular complexity index is 698. The average molecular weight is 296 g/mol. The molecule has 0 radical (unpaired) electrons. The Morgan fingerprint density at radius 3 is 2.38 bits per heavy atom. The number of aliphatic imine (C=N–C) groups is 1. The first kappa shape index (κ1) is 15.4. The molecule has 2 heteroatoms. The zero-order chi connectivity index (χ0) is 15.3. The van der Waals surface area contributed by atoms with Gasteiger partial charge in [-0.25, -0.2) is 0 Å². The lowest BCUT2D eigenvalue weighted by Crippen LogP contribution is -2.09. The summed E-state index contributed by atoms with van der Waals surface area (Å²) >= 11 is 6.07. The molecule has 0 heterocycles. The zero-order valence-corrected chi connectivity index (χ0v) is 13.3. The summed E-state index contributed by atoms with van der Waals surface area (Å²) < 4.78 is 0. The largest absolute Gasteiger partial charge is 0.287 e. The Morgan fingerprint density at radius 2 is 1.71 bits per heavy atom. The summed E-state index contributed by atoms with van der Waals surface area (Å²) in [6, 6.07) is 15.6. The summed E-state index contributed by atoms with van der Waals surface area (Å²) in [4.78, 5) is 4.53. The van der Waals surface area contributed by atoms with Gasteiger partial charge in [-0.05, 0) is 51.1 Å². The second-order valence-electron chi connectivity index (χ2n) is 5.78. The van der Waals surface area contributed by atoms with Crippen molar-refractivity contribution < 1.29 is 0 Å². The zero-order valence-electron chi connectivity index (χ0n) is 12.5. The van der Waals surface area contributed by atoms with Crippen molar-refractivity contribution in [2.75, 3.05) is 0 Å². The smallest absolute Gasteiger partial charge is 0.0524 e. The predicted molar refractivity (Wildman–Crippen MR) is 91.2 cm³/mol. The fourth-order valence-electron chi connectivity index (χ4n) is 1.68. The van der Waals surface area contributed by atoms with Crippen LogP contribution in [0.4, 0.5) is 0 Å². The van der Waals surface area contributed by atoms with Crippen LogP contribution in [0, 0.1) is 11.8 Å². The third-order valence-corrected chi connectivity index (χ3v) is 2.95. The summed E-state index contributed by atoms with van der Waals surface area (Å²) in [5, 5.41) is 0.690. The summed E-state index contributed by atoms with van der Waals surface area (Å²) in [7, 11) is 0. The molecule has 0 aliphatic heterocycles. The molecule has 0 spiro atoms. The average Bonchev–Trinajstić information content (AvgIpc) is 2.44. The number of nitrogens with zero attached hydrogens (tertiary/aromatic N) is 1. The molecule has 0 N–H and O–H groups in total. The summed E-state index contributed by atoms with van der Waals surface area (Å²) in [5.74, 6) is 6.36. The van der Waals surface area contributed by atoms with Gasteiger partial charge in [-0.3, -0.25) is 4.99 Å². The molecule has 1 nitrogen and oxygen atoms in total. The number of rotatable bonds is 1. The Hall–Kier alpha value is -2.04. The summed E-state index contributed by atoms with van der Waals surface area (Å²) in [6.07, 6.45) is 1.85. The van der Waals surface area contributed by atoms with Crippen LogP contribution in [0.1, 0.15) is 37.5 Å². The number of hydrogen-bond donors (Lipinski definition) is 0. The first-order valence-corrected chi connectivity index (χ1v) is 7.24. The van der Waals surface area contributed by atoms with Crippen molar-refractivity contribution >= 4 is 17.8 Å². The van der Waals surface area contributed by atoms with Gasteiger partial charge in [0.1, 0.15) is 0 Å². The van der Waals surface area contributed by atoms with E-state index in [1.54, 1.807) is 0 Å². The minimum Gasteiger partial charge on any atom is -0.287 e. The van der Waals surface area contributed by atoms with E-state index < -0.39 is 0 Å². The molecule has 2 aromatic rings. The van der Waals surface area contributed by atoms with Crippen molar-refractivity contribution in [2.24, 2.45) is 4.99 Å². The molecule has 0 aliphatic rings. The van der Waals surface area contributed by atoms with E-state index in [-0.39, 0.29) is 5.54 Å². The normalized spacial score (nSPS) is 11.2. The fourth-order valence-corrected chi connectivity index (χ4v) is 1.86. The van der Waals surface area contributed by atoms with Crippen LogP contribution in [0.2, 0.25) is 5.02 Å². The van der Waals surface area contributed by atoms with E-state index in [9.17, 15) is 0 Å². The van der Waals surface area contributed by atoms with Gasteiger partial charge in [0.05, 0.1) is 5.54 Å². The van der Waals surface area contributed by atoms with E-state index in [0.29, 0.717) is 5.02 Å². The maximum atomic E-state index is 6.07. The topological polar surface area (TPSA) is 12.4 Å². The van der Waals surface area contributed by atoms with Crippen molar-refractivity contribution in [3.05, 3.63) is 70.2 Å². The first-order valence-electron chi connectivity index (χ1n) is 6.86. The molecule has 0 aliphatic carbocycles. The van der Waals surface area contributed by atoms with Gasteiger partial charge in [0.25, 0.3) is 0 Å². The molecule has 0 unspecified atom stereocenters. The molecule has 0 fully saturated rings. The second-order valence-corrected chi connectivity index (χ2v) is 6.21. The van der Waals surface area contributed by atoms with Gasteiger partial charge < -0.3 is 0 Å². The van der Waals surface area contributed by atoms with E-state index >= 15 is 0 Å². The third-order valence-electron chi connectivity index (χ3n) is 2.72. The lowest BCUT2D eigenvalue weighted by Gasteiger charge is -2.11. The molecule has 21 heavy (non-hydrogen) atoms. The van der Waals surface area contributed by atoms with Gasteiger partial charge in [-0.1, -0.05) is 41.6 Å². The minimum atomic E-state index is -0.119. The van der Waals surface area contributed by atoms with Crippen molar-refractivity contribution in [3.8, 4) is 11.8 Å². The summed E-state index contributed by atoms with van der Waals surface area (Å²) in [6.45, 7) is 6.18. The maximum Gasteiger partial charge on any atom is 0.0524 e. The molecule has 2 aromatic carbocycles. The van der Waals surface area contributed by atoms with Crippen LogP contribution in [-0.4, -0.2) is 11.8 Å². The van der Waals surface area contributed by atoms with Gasteiger partial charge in [-0.15, -0.1) is 0 Å². The van der Waals surface area contributed by atoms with Crippen LogP contribution in [0.3, 0.4) is 0 Å². The lowest BCUT2D eigenvalue weighted by molar-refractivity contribution is 0.586. The molecular weight excluding hydrogens is 278 g/mol. The van der Waals surface area contributed by atoms with E-state index in [4.69, 9.17) is 11.6 Å². The SMILES string of the molecule is CC(C)(C)N=Cc1cc(Cl)ccc1C#Cc1ccccc1. The third kappa shape index (κ3) is 5.10. The molecule has 0 aromatic heterocycles. The lowest BCUT2D eigenvalue weighted by atomic mass is 10.1. The van der Waals surface area contributed by atoms with Crippen LogP contribution in [0.15, 0.2) is 53.5 Å². The van der Waals surface area contributed by atoms with Gasteiger partial charge >= 0.3 is 0 Å². The highest BCUT2D eigenvalue weighted by Crippen LogP contribution is 2.15. The van der Waals surface area contributed by atoms with Crippen LogP contribution in [-0.2, 0) is 0 Å². The Balaban J connectivity index is 2.36. The molecule has 0 amide bonds. The highest BCUT2D eigenvalue weighted by Gasteiger charge is 2.06. The van der Waals surface area contributed by atoms with Crippen LogP contribution >= 0.6 is 11.6 Å². The monoisotopic (exact) mass is 295 g/mol. The van der Waals surface area contributed by atoms with E-state index in [1.165, 1.54) is 0 Å². The number of halogens is 1. The molecule has 0 atom stereocenters. The predicted octanol–water partition coefficient (Wildman–Crippen LogP) is 4.96. The fraction of sp³-hybridized carbons (Fsp3) is 0.211. The Kier molecular flexibility index (Phi) is 4.83. The van der Waals surface area contributed by atoms with Gasteiger partial charge in [0.2, 0.25) is 0 Å². The van der Waals surface area contributed by atoms with E-state index in [1.807, 2.05) is 54.7 Å². The molecule has 0 saturated carbocycles. The standard InChI is InChI=1S/C19H18ClN/c1-19(2,3)21-14-17-13-18(20)12-11-16(17)10-9-15-7-5-4-6-8-15/h4-8,11-14H,1-3H3. The van der Waals surface area contributed by atoms with E-state index in [0.717, 1.165) is 16.7 Å². The molecule has 0 saturated heterocycles. The van der Waals surface area contributed by atoms with Crippen LogP contribution in [0.5, 0.6) is 0 Å². The van der Waals surface area contributed by atoms with Gasteiger partial charge in [0, 0.05) is 27.9 Å². The highest BCUT2D eigenvalue weighted by molar-refractivity contribution is 6.30. The van der Waals surface area contributed by atoms with Crippen molar-refractivity contribution in [1.82, 2.24) is 0 Å². The maximum absolute atomic E-state index is 6.07. The quantitative estimate of drug-likeness (QED) is 0.521. The molecular formula is C19H18ClN.